The number of anilines is 2. The standard InChI is InChI=1S/C25H38N4O5Si/c1-4-32-35(33-5-2,34-6-3)21-13-19-29(25(31)28-23-16-11-8-12-17-23)20-18-26-24(30)27-22-14-9-7-10-15-22/h7-12,14-17H,4-6,13,18-21H2,1-3H3,(H,28,31)(H2,26,27,30). The lowest BCUT2D eigenvalue weighted by Crippen LogP contribution is -2.47. The number of nitrogens with zero attached hydrogens (tertiary/aromatic N) is 1. The lowest BCUT2D eigenvalue weighted by atomic mass is 10.3. The summed E-state index contributed by atoms with van der Waals surface area (Å²) in [5, 5.41) is 8.51. The number of benzene rings is 2. The van der Waals surface area contributed by atoms with Crippen LogP contribution >= 0.6 is 0 Å². The first-order valence-electron chi connectivity index (χ1n) is 12.1. The first-order valence-corrected chi connectivity index (χ1v) is 14.1. The average Bonchev–Trinajstić information content (AvgIpc) is 2.85. The zero-order valence-electron chi connectivity index (χ0n) is 20.9. The Morgan fingerprint density at radius 1 is 0.771 bits per heavy atom. The van der Waals surface area contributed by atoms with Gasteiger partial charge < -0.3 is 34.1 Å². The van der Waals surface area contributed by atoms with Crippen LogP contribution < -0.4 is 16.0 Å². The zero-order valence-corrected chi connectivity index (χ0v) is 21.9. The van der Waals surface area contributed by atoms with Crippen LogP contribution in [0, 0.1) is 0 Å². The summed E-state index contributed by atoms with van der Waals surface area (Å²) in [7, 11) is -2.80. The Hall–Kier alpha value is -2.92. The fourth-order valence-corrected chi connectivity index (χ4v) is 6.12. The molecule has 2 rings (SSSR count). The molecule has 2 aromatic carbocycles. The van der Waals surface area contributed by atoms with E-state index in [1.54, 1.807) is 4.90 Å². The molecule has 0 aromatic heterocycles. The van der Waals surface area contributed by atoms with Crippen LogP contribution in [0.15, 0.2) is 60.7 Å². The molecule has 2 aromatic rings. The van der Waals surface area contributed by atoms with Crippen molar-refractivity contribution in [3.63, 3.8) is 0 Å². The fourth-order valence-electron chi connectivity index (χ4n) is 3.53. The molecule has 0 fully saturated rings. The second kappa shape index (κ2) is 15.9. The van der Waals surface area contributed by atoms with Crippen LogP contribution in [-0.4, -0.2) is 65.2 Å². The molecule has 10 heteroatoms. The summed E-state index contributed by atoms with van der Waals surface area (Å²) < 4.78 is 17.8. The minimum Gasteiger partial charge on any atom is -0.374 e. The fraction of sp³-hybridized carbons (Fsp3) is 0.440. The molecule has 9 nitrogen and oxygen atoms in total. The monoisotopic (exact) mass is 502 g/mol. The summed E-state index contributed by atoms with van der Waals surface area (Å²) >= 11 is 0. The molecule has 4 amide bonds. The van der Waals surface area contributed by atoms with E-state index in [0.29, 0.717) is 63.3 Å². The third kappa shape index (κ3) is 10.5. The van der Waals surface area contributed by atoms with Crippen molar-refractivity contribution in [1.29, 1.82) is 0 Å². The quantitative estimate of drug-likeness (QED) is 0.304. The van der Waals surface area contributed by atoms with Crippen LogP contribution in [-0.2, 0) is 13.3 Å². The van der Waals surface area contributed by atoms with Crippen LogP contribution in [0.2, 0.25) is 6.04 Å². The van der Waals surface area contributed by atoms with Gasteiger partial charge in [-0.15, -0.1) is 0 Å². The summed E-state index contributed by atoms with van der Waals surface area (Å²) in [5.74, 6) is 0. The minimum absolute atomic E-state index is 0.238. The maximum absolute atomic E-state index is 13.0. The Kier molecular flexibility index (Phi) is 12.8. The van der Waals surface area contributed by atoms with E-state index in [2.05, 4.69) is 16.0 Å². The van der Waals surface area contributed by atoms with E-state index in [9.17, 15) is 9.59 Å². The molecule has 192 valence electrons. The van der Waals surface area contributed by atoms with E-state index in [1.165, 1.54) is 0 Å². The van der Waals surface area contributed by atoms with Crippen LogP contribution in [0.3, 0.4) is 0 Å². The van der Waals surface area contributed by atoms with Gasteiger partial charge in [0.05, 0.1) is 0 Å². The van der Waals surface area contributed by atoms with Crippen molar-refractivity contribution in [2.45, 2.75) is 33.2 Å². The Labute approximate surface area is 209 Å². The zero-order chi connectivity index (χ0) is 25.4. The molecule has 0 spiro atoms. The maximum Gasteiger partial charge on any atom is 0.500 e. The van der Waals surface area contributed by atoms with Gasteiger partial charge in [0, 0.05) is 56.9 Å². The molecule has 0 radical (unpaired) electrons. The highest BCUT2D eigenvalue weighted by molar-refractivity contribution is 6.60. The molecular weight excluding hydrogens is 464 g/mol. The van der Waals surface area contributed by atoms with Crippen molar-refractivity contribution < 1.29 is 22.9 Å². The predicted octanol–water partition coefficient (Wildman–Crippen LogP) is 4.78. The molecule has 0 saturated carbocycles. The number of carbonyl (C=O) groups is 2. The minimum atomic E-state index is -2.80. The van der Waals surface area contributed by atoms with Crippen molar-refractivity contribution >= 4 is 32.2 Å². The van der Waals surface area contributed by atoms with E-state index in [1.807, 2.05) is 81.4 Å². The van der Waals surface area contributed by atoms with Crippen molar-refractivity contribution in [2.75, 3.05) is 50.1 Å². The van der Waals surface area contributed by atoms with Gasteiger partial charge in [-0.05, 0) is 51.5 Å². The largest absolute Gasteiger partial charge is 0.500 e. The average molecular weight is 503 g/mol. The first kappa shape index (κ1) is 28.3. The molecule has 0 aliphatic rings. The normalized spacial score (nSPS) is 11.1. The topological polar surface area (TPSA) is 101 Å². The summed E-state index contributed by atoms with van der Waals surface area (Å²) in [6.07, 6.45) is 0.643. The molecule has 0 atom stereocenters. The summed E-state index contributed by atoms with van der Waals surface area (Å²) in [6, 6.07) is 18.5. The number of nitrogens with one attached hydrogen (secondary N) is 3. The number of para-hydroxylation sites is 2. The summed E-state index contributed by atoms with van der Waals surface area (Å²) in [5.41, 5.74) is 1.41. The highest BCUT2D eigenvalue weighted by Gasteiger charge is 2.39. The van der Waals surface area contributed by atoms with Gasteiger partial charge in [0.2, 0.25) is 0 Å². The molecule has 0 aliphatic carbocycles. The van der Waals surface area contributed by atoms with E-state index in [4.69, 9.17) is 13.3 Å². The first-order chi connectivity index (χ1) is 17.0. The molecule has 3 N–H and O–H groups in total. The van der Waals surface area contributed by atoms with Gasteiger partial charge in [0.1, 0.15) is 0 Å². The number of rotatable bonds is 15. The summed E-state index contributed by atoms with van der Waals surface area (Å²) in [4.78, 5) is 26.9. The molecule has 0 bridgehead atoms. The SMILES string of the molecule is CCO[Si](CCCN(CCNC(=O)Nc1ccccc1)C(=O)Nc1ccccc1)(OCC)OCC. The van der Waals surface area contributed by atoms with Crippen molar-refractivity contribution in [3.05, 3.63) is 60.7 Å². The van der Waals surface area contributed by atoms with E-state index in [-0.39, 0.29) is 12.1 Å². The lowest BCUT2D eigenvalue weighted by molar-refractivity contribution is 0.0702. The number of hydrogen-bond donors (Lipinski definition) is 3. The Balaban J connectivity index is 1.96. The highest BCUT2D eigenvalue weighted by Crippen LogP contribution is 2.19. The van der Waals surface area contributed by atoms with E-state index < -0.39 is 8.80 Å². The second-order valence-electron chi connectivity index (χ2n) is 7.62. The number of carbonyl (C=O) groups excluding carboxylic acids is 2. The Morgan fingerprint density at radius 2 is 1.29 bits per heavy atom. The number of hydrogen-bond acceptors (Lipinski definition) is 5. The molecule has 0 heterocycles. The van der Waals surface area contributed by atoms with Gasteiger partial charge in [0.15, 0.2) is 0 Å². The van der Waals surface area contributed by atoms with Gasteiger partial charge in [-0.25, -0.2) is 9.59 Å². The van der Waals surface area contributed by atoms with Crippen LogP contribution in [0.1, 0.15) is 27.2 Å². The Morgan fingerprint density at radius 3 is 1.80 bits per heavy atom. The lowest BCUT2D eigenvalue weighted by Gasteiger charge is -2.30. The van der Waals surface area contributed by atoms with Crippen molar-refractivity contribution in [2.24, 2.45) is 0 Å². The van der Waals surface area contributed by atoms with E-state index in [0.717, 1.165) is 0 Å². The highest BCUT2D eigenvalue weighted by atomic mass is 28.4. The molecule has 0 aliphatic heterocycles. The van der Waals surface area contributed by atoms with Gasteiger partial charge in [-0.1, -0.05) is 36.4 Å². The van der Waals surface area contributed by atoms with Crippen LogP contribution in [0.4, 0.5) is 21.0 Å². The smallest absolute Gasteiger partial charge is 0.374 e. The molecular formula is C25H38N4O5Si. The summed E-state index contributed by atoms with van der Waals surface area (Å²) in [6.45, 7) is 8.38. The maximum atomic E-state index is 13.0. The number of urea groups is 2. The number of amides is 4. The van der Waals surface area contributed by atoms with Crippen molar-refractivity contribution in [3.8, 4) is 0 Å². The molecule has 0 unspecified atom stereocenters. The second-order valence-corrected chi connectivity index (χ2v) is 10.3. The third-order valence-corrected chi connectivity index (χ3v) is 8.17. The molecule has 0 saturated heterocycles. The van der Waals surface area contributed by atoms with Gasteiger partial charge in [0.25, 0.3) is 0 Å². The van der Waals surface area contributed by atoms with Crippen molar-refractivity contribution in [1.82, 2.24) is 10.2 Å². The third-order valence-electron chi connectivity index (χ3n) is 5.01. The van der Waals surface area contributed by atoms with Crippen LogP contribution in [0.25, 0.3) is 0 Å². The predicted molar refractivity (Wildman–Crippen MR) is 141 cm³/mol. The van der Waals surface area contributed by atoms with Gasteiger partial charge >= 0.3 is 20.9 Å². The van der Waals surface area contributed by atoms with E-state index >= 15 is 0 Å². The van der Waals surface area contributed by atoms with Crippen LogP contribution in [0.5, 0.6) is 0 Å². The van der Waals surface area contributed by atoms with Gasteiger partial charge in [-0.2, -0.15) is 0 Å². The van der Waals surface area contributed by atoms with Gasteiger partial charge in [-0.3, -0.25) is 0 Å². The molecule has 35 heavy (non-hydrogen) atoms. The Bertz CT molecular complexity index is 856.